The van der Waals surface area contributed by atoms with E-state index in [2.05, 4.69) is 31.3 Å². The summed E-state index contributed by atoms with van der Waals surface area (Å²) < 4.78 is 8.33. The molecular weight excluding hydrogens is 396 g/mol. The molecule has 0 unspecified atom stereocenters. The van der Waals surface area contributed by atoms with Crippen molar-refractivity contribution in [1.82, 2.24) is 20.1 Å². The molecule has 26 heavy (non-hydrogen) atoms. The van der Waals surface area contributed by atoms with E-state index in [0.29, 0.717) is 5.75 Å². The first-order valence-electron chi connectivity index (χ1n) is 8.20. The molecule has 0 spiro atoms. The van der Waals surface area contributed by atoms with Crippen LogP contribution >= 0.6 is 15.9 Å². The Labute approximate surface area is 160 Å². The Balaban J connectivity index is 1.58. The number of hydrogen-bond acceptors (Lipinski definition) is 4. The zero-order valence-electron chi connectivity index (χ0n) is 14.5. The van der Waals surface area contributed by atoms with E-state index >= 15 is 0 Å². The van der Waals surface area contributed by atoms with Crippen molar-refractivity contribution in [2.75, 3.05) is 0 Å². The fourth-order valence-corrected chi connectivity index (χ4v) is 2.71. The maximum atomic E-state index is 12.4. The molecule has 1 aromatic heterocycles. The van der Waals surface area contributed by atoms with Crippen LogP contribution in [0.15, 0.2) is 65.7 Å². The quantitative estimate of drug-likeness (QED) is 0.667. The second kappa shape index (κ2) is 8.14. The Morgan fingerprint density at radius 3 is 2.42 bits per heavy atom. The van der Waals surface area contributed by atoms with Gasteiger partial charge in [0.15, 0.2) is 6.10 Å². The van der Waals surface area contributed by atoms with Crippen molar-refractivity contribution in [3.05, 3.63) is 71.2 Å². The van der Waals surface area contributed by atoms with Gasteiger partial charge in [-0.3, -0.25) is 4.79 Å². The summed E-state index contributed by atoms with van der Waals surface area (Å²) >= 11 is 3.37. The Kier molecular flexibility index (Phi) is 5.68. The summed E-state index contributed by atoms with van der Waals surface area (Å²) in [5, 5.41) is 7.07. The zero-order valence-corrected chi connectivity index (χ0v) is 16.1. The molecule has 1 amide bonds. The molecule has 7 heteroatoms. The highest BCUT2D eigenvalue weighted by Gasteiger charge is 2.17. The Hall–Kier alpha value is -2.67. The highest BCUT2D eigenvalue weighted by atomic mass is 79.9. The van der Waals surface area contributed by atoms with Crippen LogP contribution in [0, 0.1) is 0 Å². The topological polar surface area (TPSA) is 69.0 Å². The molecule has 6 nitrogen and oxygen atoms in total. The maximum Gasteiger partial charge on any atom is 0.261 e. The van der Waals surface area contributed by atoms with Gasteiger partial charge in [0.2, 0.25) is 0 Å². The number of hydrogen-bond donors (Lipinski definition) is 1. The van der Waals surface area contributed by atoms with Crippen molar-refractivity contribution in [3.8, 4) is 11.4 Å². The van der Waals surface area contributed by atoms with Crippen molar-refractivity contribution in [2.24, 2.45) is 0 Å². The molecule has 0 fully saturated rings. The molecule has 0 aliphatic carbocycles. The molecule has 0 saturated carbocycles. The molecule has 0 saturated heterocycles. The number of rotatable bonds is 6. The van der Waals surface area contributed by atoms with E-state index < -0.39 is 6.10 Å². The summed E-state index contributed by atoms with van der Waals surface area (Å²) in [5.41, 5.74) is 1.91. The predicted octanol–water partition coefficient (Wildman–Crippen LogP) is 3.67. The lowest BCUT2D eigenvalue weighted by molar-refractivity contribution is -0.127. The predicted molar refractivity (Wildman–Crippen MR) is 102 cm³/mol. The lowest BCUT2D eigenvalue weighted by Crippen LogP contribution is -2.37. The van der Waals surface area contributed by atoms with Gasteiger partial charge < -0.3 is 10.1 Å². The van der Waals surface area contributed by atoms with E-state index in [0.717, 1.165) is 15.7 Å². The van der Waals surface area contributed by atoms with Gasteiger partial charge in [-0.15, -0.1) is 0 Å². The lowest BCUT2D eigenvalue weighted by Gasteiger charge is -2.19. The third kappa shape index (κ3) is 4.49. The van der Waals surface area contributed by atoms with E-state index in [1.54, 1.807) is 17.9 Å². The first-order valence-corrected chi connectivity index (χ1v) is 9.00. The van der Waals surface area contributed by atoms with Crippen LogP contribution in [0.1, 0.15) is 25.5 Å². The number of halogens is 1. The van der Waals surface area contributed by atoms with Crippen molar-refractivity contribution in [3.63, 3.8) is 0 Å². The number of carbonyl (C=O) groups excluding carboxylic acids is 1. The van der Waals surface area contributed by atoms with E-state index in [1.807, 2.05) is 55.5 Å². The number of benzene rings is 2. The summed E-state index contributed by atoms with van der Waals surface area (Å²) in [6.45, 7) is 3.67. The van der Waals surface area contributed by atoms with E-state index in [4.69, 9.17) is 4.74 Å². The first kappa shape index (κ1) is 18.1. The zero-order chi connectivity index (χ0) is 18.5. The van der Waals surface area contributed by atoms with Crippen LogP contribution in [-0.2, 0) is 4.79 Å². The Morgan fingerprint density at radius 1 is 1.12 bits per heavy atom. The molecule has 134 valence electrons. The summed E-state index contributed by atoms with van der Waals surface area (Å²) in [5.74, 6) is 0.487. The number of carbonyl (C=O) groups is 1. The average molecular weight is 415 g/mol. The Morgan fingerprint density at radius 2 is 1.81 bits per heavy atom. The van der Waals surface area contributed by atoms with Crippen molar-refractivity contribution < 1.29 is 9.53 Å². The smallest absolute Gasteiger partial charge is 0.261 e. The van der Waals surface area contributed by atoms with Crippen LogP contribution in [0.2, 0.25) is 0 Å². The molecule has 0 aliphatic heterocycles. The molecule has 3 aromatic rings. The average Bonchev–Trinajstić information content (AvgIpc) is 3.18. The minimum Gasteiger partial charge on any atom is -0.481 e. The monoisotopic (exact) mass is 414 g/mol. The van der Waals surface area contributed by atoms with Crippen molar-refractivity contribution >= 4 is 21.8 Å². The van der Waals surface area contributed by atoms with Crippen LogP contribution in [0.5, 0.6) is 5.75 Å². The first-order chi connectivity index (χ1) is 12.5. The molecule has 3 rings (SSSR count). The van der Waals surface area contributed by atoms with E-state index in [-0.39, 0.29) is 11.9 Å². The molecule has 0 bridgehead atoms. The second-order valence-corrected chi connectivity index (χ2v) is 6.79. The number of aromatic nitrogens is 3. The minimum atomic E-state index is -0.590. The lowest BCUT2D eigenvalue weighted by atomic mass is 10.1. The van der Waals surface area contributed by atoms with Gasteiger partial charge in [-0.1, -0.05) is 28.1 Å². The standard InChI is InChI=1S/C19H19BrN4O2/c1-13(15-3-7-17(8-4-15)24-12-21-11-22-24)23-19(25)14(2)26-18-9-5-16(20)6-10-18/h3-14H,1-2H3,(H,23,25)/t13-,14+/m1/s1. The van der Waals surface area contributed by atoms with Gasteiger partial charge >= 0.3 is 0 Å². The fraction of sp³-hybridized carbons (Fsp3) is 0.211. The molecule has 2 atom stereocenters. The normalized spacial score (nSPS) is 13.0. The summed E-state index contributed by atoms with van der Waals surface area (Å²) in [4.78, 5) is 16.3. The largest absolute Gasteiger partial charge is 0.481 e. The van der Waals surface area contributed by atoms with Gasteiger partial charge in [-0.25, -0.2) is 9.67 Å². The van der Waals surface area contributed by atoms with Gasteiger partial charge in [0.25, 0.3) is 5.91 Å². The van der Waals surface area contributed by atoms with Crippen LogP contribution in [0.4, 0.5) is 0 Å². The van der Waals surface area contributed by atoms with Gasteiger partial charge in [0, 0.05) is 4.47 Å². The van der Waals surface area contributed by atoms with Gasteiger partial charge in [0.05, 0.1) is 11.7 Å². The highest BCUT2D eigenvalue weighted by Crippen LogP contribution is 2.18. The number of nitrogens with one attached hydrogen (secondary N) is 1. The van der Waals surface area contributed by atoms with Crippen LogP contribution in [0.3, 0.4) is 0 Å². The summed E-state index contributed by atoms with van der Waals surface area (Å²) in [7, 11) is 0. The molecule has 0 aliphatic rings. The van der Waals surface area contributed by atoms with Crippen LogP contribution in [-0.4, -0.2) is 26.8 Å². The van der Waals surface area contributed by atoms with Crippen LogP contribution < -0.4 is 10.1 Å². The SMILES string of the molecule is C[C@H](Oc1ccc(Br)cc1)C(=O)N[C@H](C)c1ccc(-n2cncn2)cc1. The van der Waals surface area contributed by atoms with E-state index in [9.17, 15) is 4.79 Å². The summed E-state index contributed by atoms with van der Waals surface area (Å²) in [6.07, 6.45) is 2.54. The van der Waals surface area contributed by atoms with Crippen LogP contribution in [0.25, 0.3) is 5.69 Å². The third-order valence-corrected chi connectivity index (χ3v) is 4.46. The molecule has 1 heterocycles. The van der Waals surface area contributed by atoms with Crippen molar-refractivity contribution in [1.29, 1.82) is 0 Å². The molecule has 2 aromatic carbocycles. The molecule has 1 N–H and O–H groups in total. The maximum absolute atomic E-state index is 12.4. The molecular formula is C19H19BrN4O2. The van der Waals surface area contributed by atoms with E-state index in [1.165, 1.54) is 6.33 Å². The second-order valence-electron chi connectivity index (χ2n) is 5.88. The Bertz CT molecular complexity index is 848. The minimum absolute atomic E-state index is 0.136. The highest BCUT2D eigenvalue weighted by molar-refractivity contribution is 9.10. The van der Waals surface area contributed by atoms with Gasteiger partial charge in [0.1, 0.15) is 18.4 Å². The molecule has 0 radical (unpaired) electrons. The van der Waals surface area contributed by atoms with Gasteiger partial charge in [-0.05, 0) is 55.8 Å². The van der Waals surface area contributed by atoms with Gasteiger partial charge in [-0.2, -0.15) is 5.10 Å². The fourth-order valence-electron chi connectivity index (χ4n) is 2.44. The number of nitrogens with zero attached hydrogens (tertiary/aromatic N) is 3. The summed E-state index contributed by atoms with van der Waals surface area (Å²) in [6, 6.07) is 15.1. The number of ether oxygens (including phenoxy) is 1. The van der Waals surface area contributed by atoms with Crippen molar-refractivity contribution in [2.45, 2.75) is 26.0 Å². The third-order valence-electron chi connectivity index (χ3n) is 3.93. The number of amides is 1.